The summed E-state index contributed by atoms with van der Waals surface area (Å²) in [6.07, 6.45) is 0. The highest BCUT2D eigenvalue weighted by atomic mass is 32.1. The fourth-order valence-electron chi connectivity index (χ4n) is 2.53. The van der Waals surface area contributed by atoms with Gasteiger partial charge >= 0.3 is 0 Å². The lowest BCUT2D eigenvalue weighted by atomic mass is 10.1. The van der Waals surface area contributed by atoms with Gasteiger partial charge in [0, 0.05) is 5.56 Å². The third-order valence-corrected chi connectivity index (χ3v) is 4.59. The summed E-state index contributed by atoms with van der Waals surface area (Å²) in [5.41, 5.74) is 1.16. The average Bonchev–Trinajstić information content (AvgIpc) is 3.16. The molecule has 3 aromatic rings. The maximum atomic E-state index is 5.76. The highest BCUT2D eigenvalue weighted by molar-refractivity contribution is 7.71. The summed E-state index contributed by atoms with van der Waals surface area (Å²) in [5, 5.41) is 9.31. The van der Waals surface area contributed by atoms with Gasteiger partial charge in [-0.2, -0.15) is 5.10 Å². The molecule has 0 saturated heterocycles. The summed E-state index contributed by atoms with van der Waals surface area (Å²) >= 11 is 7.06. The highest BCUT2D eigenvalue weighted by Gasteiger charge is 2.28. The number of aromatic amines is 1. The van der Waals surface area contributed by atoms with Gasteiger partial charge in [-0.05, 0) is 29.7 Å². The predicted octanol–water partition coefficient (Wildman–Crippen LogP) is 3.65. The van der Waals surface area contributed by atoms with Crippen molar-refractivity contribution in [3.8, 4) is 16.5 Å². The molecule has 0 spiro atoms. The SMILES string of the molecule is S=c1[nH]nc(-c2cccs2)n1C1COc2ccccc21. The Morgan fingerprint density at radius 1 is 1.30 bits per heavy atom. The van der Waals surface area contributed by atoms with Crippen LogP contribution in [0.1, 0.15) is 11.6 Å². The van der Waals surface area contributed by atoms with E-state index in [4.69, 9.17) is 17.0 Å². The zero-order valence-electron chi connectivity index (χ0n) is 10.4. The number of fused-ring (bicyclic) bond motifs is 1. The Labute approximate surface area is 124 Å². The molecular weight excluding hydrogens is 290 g/mol. The maximum absolute atomic E-state index is 5.76. The zero-order chi connectivity index (χ0) is 13.5. The summed E-state index contributed by atoms with van der Waals surface area (Å²) in [6, 6.07) is 12.2. The number of para-hydroxylation sites is 1. The van der Waals surface area contributed by atoms with Crippen LogP contribution in [0.4, 0.5) is 0 Å². The molecule has 0 amide bonds. The van der Waals surface area contributed by atoms with Gasteiger partial charge in [0.15, 0.2) is 10.6 Å². The molecule has 0 aliphatic carbocycles. The van der Waals surface area contributed by atoms with Crippen molar-refractivity contribution >= 4 is 23.6 Å². The van der Waals surface area contributed by atoms with E-state index in [1.165, 1.54) is 0 Å². The first kappa shape index (κ1) is 11.9. The Kier molecular flexibility index (Phi) is 2.71. The van der Waals surface area contributed by atoms with Crippen LogP contribution in [0.5, 0.6) is 5.75 Å². The van der Waals surface area contributed by atoms with Gasteiger partial charge in [0.2, 0.25) is 0 Å². The molecule has 0 bridgehead atoms. The van der Waals surface area contributed by atoms with E-state index < -0.39 is 0 Å². The molecule has 0 radical (unpaired) electrons. The van der Waals surface area contributed by atoms with Crippen LogP contribution in [0.25, 0.3) is 10.7 Å². The summed E-state index contributed by atoms with van der Waals surface area (Å²) in [4.78, 5) is 1.10. The number of hydrogen-bond donors (Lipinski definition) is 1. The lowest BCUT2D eigenvalue weighted by Crippen LogP contribution is -2.13. The van der Waals surface area contributed by atoms with Gasteiger partial charge < -0.3 is 4.74 Å². The number of aromatic nitrogens is 3. The molecule has 1 unspecified atom stereocenters. The number of benzene rings is 1. The standard InChI is InChI=1S/C14H11N3OS2/c19-14-16-15-13(12-6-3-7-20-12)17(14)10-8-18-11-5-2-1-4-9(10)11/h1-7,10H,8H2,(H,16,19). The fraction of sp³-hybridized carbons (Fsp3) is 0.143. The van der Waals surface area contributed by atoms with Crippen LogP contribution in [0.3, 0.4) is 0 Å². The topological polar surface area (TPSA) is 42.8 Å². The van der Waals surface area contributed by atoms with Crippen molar-refractivity contribution in [3.05, 3.63) is 52.1 Å². The molecule has 1 aliphatic rings. The Hall–Kier alpha value is -1.92. The first-order chi connectivity index (χ1) is 9.84. The van der Waals surface area contributed by atoms with Crippen LogP contribution in [-0.2, 0) is 0 Å². The largest absolute Gasteiger partial charge is 0.491 e. The van der Waals surface area contributed by atoms with Crippen LogP contribution in [0, 0.1) is 4.77 Å². The first-order valence-electron chi connectivity index (χ1n) is 6.27. The number of nitrogens with zero attached hydrogens (tertiary/aromatic N) is 2. The van der Waals surface area contributed by atoms with E-state index in [9.17, 15) is 0 Å². The van der Waals surface area contributed by atoms with Crippen molar-refractivity contribution in [1.29, 1.82) is 0 Å². The summed E-state index contributed by atoms with van der Waals surface area (Å²) in [7, 11) is 0. The van der Waals surface area contributed by atoms with Crippen molar-refractivity contribution in [2.45, 2.75) is 6.04 Å². The number of H-pyrrole nitrogens is 1. The molecular formula is C14H11N3OS2. The quantitative estimate of drug-likeness (QED) is 0.735. The van der Waals surface area contributed by atoms with E-state index in [0.29, 0.717) is 11.4 Å². The molecule has 100 valence electrons. The maximum Gasteiger partial charge on any atom is 0.196 e. The number of thiophene rings is 1. The van der Waals surface area contributed by atoms with Crippen molar-refractivity contribution in [1.82, 2.24) is 14.8 Å². The van der Waals surface area contributed by atoms with Gasteiger partial charge in [-0.1, -0.05) is 24.3 Å². The molecule has 1 N–H and O–H groups in total. The number of nitrogens with one attached hydrogen (secondary N) is 1. The molecule has 1 aliphatic heterocycles. The molecule has 4 nitrogen and oxygen atoms in total. The fourth-order valence-corrected chi connectivity index (χ4v) is 3.50. The Balaban J connectivity index is 1.89. The van der Waals surface area contributed by atoms with Crippen LogP contribution in [0.15, 0.2) is 41.8 Å². The van der Waals surface area contributed by atoms with Crippen LogP contribution in [0.2, 0.25) is 0 Å². The number of ether oxygens (including phenoxy) is 1. The van der Waals surface area contributed by atoms with Gasteiger partial charge in [-0.15, -0.1) is 11.3 Å². The van der Waals surface area contributed by atoms with Gasteiger partial charge in [-0.3, -0.25) is 9.67 Å². The lowest BCUT2D eigenvalue weighted by molar-refractivity contribution is 0.316. The van der Waals surface area contributed by atoms with Gasteiger partial charge in [0.1, 0.15) is 18.4 Å². The smallest absolute Gasteiger partial charge is 0.196 e. The van der Waals surface area contributed by atoms with E-state index in [-0.39, 0.29) is 6.04 Å². The van der Waals surface area contributed by atoms with Crippen molar-refractivity contribution in [2.75, 3.05) is 6.61 Å². The summed E-state index contributed by atoms with van der Waals surface area (Å²) in [5.74, 6) is 1.80. The molecule has 0 saturated carbocycles. The van der Waals surface area contributed by atoms with Crippen molar-refractivity contribution < 1.29 is 4.74 Å². The zero-order valence-corrected chi connectivity index (χ0v) is 12.1. The second-order valence-electron chi connectivity index (χ2n) is 4.56. The minimum absolute atomic E-state index is 0.0783. The van der Waals surface area contributed by atoms with Gasteiger partial charge in [0.05, 0.1) is 4.88 Å². The summed E-state index contributed by atoms with van der Waals surface area (Å²) in [6.45, 7) is 0.589. The lowest BCUT2D eigenvalue weighted by Gasteiger charge is -2.12. The Bertz CT molecular complexity index is 804. The van der Waals surface area contributed by atoms with Crippen LogP contribution >= 0.6 is 23.6 Å². The molecule has 1 aromatic carbocycles. The van der Waals surface area contributed by atoms with Crippen LogP contribution < -0.4 is 4.74 Å². The number of rotatable bonds is 2. The third-order valence-electron chi connectivity index (χ3n) is 3.43. The van der Waals surface area contributed by atoms with Crippen molar-refractivity contribution in [2.24, 2.45) is 0 Å². The normalized spacial score (nSPS) is 16.9. The molecule has 1 atom stereocenters. The Morgan fingerprint density at radius 2 is 2.20 bits per heavy atom. The first-order valence-corrected chi connectivity index (χ1v) is 7.56. The minimum Gasteiger partial charge on any atom is -0.491 e. The van der Waals surface area contributed by atoms with E-state index in [0.717, 1.165) is 22.0 Å². The molecule has 6 heteroatoms. The third kappa shape index (κ3) is 1.72. The van der Waals surface area contributed by atoms with Gasteiger partial charge in [0.25, 0.3) is 0 Å². The average molecular weight is 301 g/mol. The molecule has 0 fully saturated rings. The predicted molar refractivity (Wildman–Crippen MR) is 80.8 cm³/mol. The second-order valence-corrected chi connectivity index (χ2v) is 5.90. The second kappa shape index (κ2) is 4.57. The van der Waals surface area contributed by atoms with Crippen LogP contribution in [-0.4, -0.2) is 21.4 Å². The van der Waals surface area contributed by atoms with E-state index >= 15 is 0 Å². The highest BCUT2D eigenvalue weighted by Crippen LogP contribution is 2.37. The molecule has 4 rings (SSSR count). The van der Waals surface area contributed by atoms with Crippen molar-refractivity contribution in [3.63, 3.8) is 0 Å². The molecule has 3 heterocycles. The Morgan fingerprint density at radius 3 is 3.05 bits per heavy atom. The molecule has 2 aromatic heterocycles. The number of hydrogen-bond acceptors (Lipinski definition) is 4. The van der Waals surface area contributed by atoms with Gasteiger partial charge in [-0.25, -0.2) is 0 Å². The minimum atomic E-state index is 0.0783. The monoisotopic (exact) mass is 301 g/mol. The van der Waals surface area contributed by atoms with E-state index in [1.807, 2.05) is 40.3 Å². The van der Waals surface area contributed by atoms with E-state index in [1.54, 1.807) is 11.3 Å². The molecule has 20 heavy (non-hydrogen) atoms. The summed E-state index contributed by atoms with van der Waals surface area (Å²) < 4.78 is 8.43. The van der Waals surface area contributed by atoms with E-state index in [2.05, 4.69) is 16.3 Å².